The van der Waals surface area contributed by atoms with Crippen molar-refractivity contribution < 1.29 is 9.90 Å². The van der Waals surface area contributed by atoms with Gasteiger partial charge in [-0.15, -0.1) is 0 Å². The maximum Gasteiger partial charge on any atom is 0.331 e. The molecule has 0 aliphatic heterocycles. The van der Waals surface area contributed by atoms with Crippen molar-refractivity contribution in [2.24, 2.45) is 28.6 Å². The van der Waals surface area contributed by atoms with Crippen LogP contribution in [0.3, 0.4) is 0 Å². The van der Waals surface area contributed by atoms with Gasteiger partial charge in [0.2, 0.25) is 0 Å². The lowest BCUT2D eigenvalue weighted by Gasteiger charge is -2.64. The smallest absolute Gasteiger partial charge is 0.331 e. The number of carboxylic acids is 1. The normalized spacial score (nSPS) is 51.5. The van der Waals surface area contributed by atoms with Crippen molar-refractivity contribution >= 4 is 5.97 Å². The molecular formula is C15H22O2. The Morgan fingerprint density at radius 1 is 1.29 bits per heavy atom. The van der Waals surface area contributed by atoms with Gasteiger partial charge in [0.25, 0.3) is 0 Å². The molecule has 2 nitrogen and oxygen atoms in total. The topological polar surface area (TPSA) is 37.3 Å². The van der Waals surface area contributed by atoms with Crippen molar-refractivity contribution in [3.8, 4) is 0 Å². The van der Waals surface area contributed by atoms with E-state index in [1.165, 1.54) is 32.1 Å². The predicted molar refractivity (Wildman–Crippen MR) is 66.5 cm³/mol. The number of rotatable bonds is 2. The molecule has 0 aromatic heterocycles. The van der Waals surface area contributed by atoms with Crippen LogP contribution in [0.5, 0.6) is 0 Å². The second kappa shape index (κ2) is 3.15. The first kappa shape index (κ1) is 11.3. The Kier molecular flexibility index (Phi) is 2.10. The van der Waals surface area contributed by atoms with E-state index in [9.17, 15) is 9.90 Å². The highest BCUT2D eigenvalue weighted by atomic mass is 16.4. The van der Waals surface area contributed by atoms with E-state index in [0.717, 1.165) is 5.92 Å². The average Bonchev–Trinajstić information content (AvgIpc) is 2.11. The summed E-state index contributed by atoms with van der Waals surface area (Å²) in [6, 6.07) is 0. The third-order valence-corrected chi connectivity index (χ3v) is 5.63. The first-order valence-corrected chi connectivity index (χ1v) is 6.75. The molecule has 1 N–H and O–H groups in total. The van der Waals surface area contributed by atoms with Crippen LogP contribution in [0.4, 0.5) is 0 Å². The number of aliphatic carboxylic acids is 1. The van der Waals surface area contributed by atoms with Gasteiger partial charge in [-0.1, -0.05) is 20.4 Å². The number of hydrogen-bond acceptors (Lipinski definition) is 1. The minimum atomic E-state index is -0.783. The second-order valence-corrected chi connectivity index (χ2v) is 7.42. The Hall–Kier alpha value is -0.790. The van der Waals surface area contributed by atoms with E-state index in [4.69, 9.17) is 0 Å². The summed E-state index contributed by atoms with van der Waals surface area (Å²) in [5.74, 6) is 0.865. The van der Waals surface area contributed by atoms with E-state index in [0.29, 0.717) is 16.9 Å². The SMILES string of the molecule is C=C(C(=O)O)C1C2CC3CC(C)(C2)CC1(C)C3. The number of hydrogen-bond donors (Lipinski definition) is 1. The van der Waals surface area contributed by atoms with Crippen LogP contribution in [-0.4, -0.2) is 11.1 Å². The molecule has 4 saturated carbocycles. The number of carbonyl (C=O) groups is 1. The summed E-state index contributed by atoms with van der Waals surface area (Å²) in [5.41, 5.74) is 1.16. The quantitative estimate of drug-likeness (QED) is 0.743. The Bertz CT molecular complexity index is 400. The maximum atomic E-state index is 11.2. The molecule has 5 atom stereocenters. The highest BCUT2D eigenvalue weighted by Gasteiger charge is 2.59. The van der Waals surface area contributed by atoms with Crippen molar-refractivity contribution in [3.63, 3.8) is 0 Å². The second-order valence-electron chi connectivity index (χ2n) is 7.42. The zero-order valence-electron chi connectivity index (χ0n) is 10.8. The van der Waals surface area contributed by atoms with E-state index >= 15 is 0 Å². The molecule has 0 amide bonds. The molecule has 0 spiro atoms. The minimum absolute atomic E-state index is 0.203. The molecule has 2 heteroatoms. The van der Waals surface area contributed by atoms with Crippen LogP contribution in [0.15, 0.2) is 12.2 Å². The molecule has 0 radical (unpaired) electrons. The van der Waals surface area contributed by atoms with Crippen LogP contribution in [-0.2, 0) is 4.79 Å². The first-order chi connectivity index (χ1) is 7.83. The fraction of sp³-hybridized carbons (Fsp3) is 0.800. The van der Waals surface area contributed by atoms with Gasteiger partial charge < -0.3 is 5.11 Å². The summed E-state index contributed by atoms with van der Waals surface area (Å²) >= 11 is 0. The standard InChI is InChI=1S/C15H22O2/c1-9(13(16)17)12-11-4-10-5-14(2,7-11)8-15(12,3)6-10/h10-12H,1,4-8H2,2-3H3,(H,16,17). The van der Waals surface area contributed by atoms with Crippen molar-refractivity contribution in [1.29, 1.82) is 0 Å². The zero-order chi connectivity index (χ0) is 12.4. The van der Waals surface area contributed by atoms with Crippen LogP contribution in [0, 0.1) is 28.6 Å². The third kappa shape index (κ3) is 1.49. The lowest BCUT2D eigenvalue weighted by molar-refractivity contribution is -0.146. The van der Waals surface area contributed by atoms with Crippen LogP contribution >= 0.6 is 0 Å². The summed E-state index contributed by atoms with van der Waals surface area (Å²) in [4.78, 5) is 11.2. The zero-order valence-corrected chi connectivity index (χ0v) is 10.8. The summed E-state index contributed by atoms with van der Waals surface area (Å²) in [6.07, 6.45) is 6.24. The highest BCUT2D eigenvalue weighted by Crippen LogP contribution is 2.68. The van der Waals surface area contributed by atoms with Crippen LogP contribution in [0.1, 0.15) is 46.0 Å². The molecule has 4 fully saturated rings. The molecule has 4 aliphatic carbocycles. The summed E-state index contributed by atoms with van der Waals surface area (Å²) in [5, 5.41) is 9.25. The lowest BCUT2D eigenvalue weighted by atomic mass is 9.40. The fourth-order valence-electron chi connectivity index (χ4n) is 5.91. The van der Waals surface area contributed by atoms with Crippen LogP contribution < -0.4 is 0 Å². The van der Waals surface area contributed by atoms with Crippen LogP contribution in [0.25, 0.3) is 0 Å². The molecule has 94 valence electrons. The molecule has 0 aromatic carbocycles. The van der Waals surface area contributed by atoms with Gasteiger partial charge in [0, 0.05) is 5.57 Å². The van der Waals surface area contributed by atoms with Gasteiger partial charge in [-0.05, 0) is 60.7 Å². The monoisotopic (exact) mass is 234 g/mol. The first-order valence-electron chi connectivity index (χ1n) is 6.75. The maximum absolute atomic E-state index is 11.2. The van der Waals surface area contributed by atoms with E-state index in [1.54, 1.807) is 0 Å². The van der Waals surface area contributed by atoms with Gasteiger partial charge in [0.15, 0.2) is 0 Å². The van der Waals surface area contributed by atoms with E-state index in [1.807, 2.05) is 0 Å². The lowest BCUT2D eigenvalue weighted by Crippen LogP contribution is -2.56. The molecule has 4 rings (SSSR count). The average molecular weight is 234 g/mol. The van der Waals surface area contributed by atoms with Crippen molar-refractivity contribution in [2.75, 3.05) is 0 Å². The van der Waals surface area contributed by atoms with Crippen molar-refractivity contribution in [2.45, 2.75) is 46.0 Å². The summed E-state index contributed by atoms with van der Waals surface area (Å²) in [6.45, 7) is 8.58. The van der Waals surface area contributed by atoms with Gasteiger partial charge in [-0.25, -0.2) is 4.79 Å². The Balaban J connectivity index is 1.98. The van der Waals surface area contributed by atoms with Crippen molar-refractivity contribution in [3.05, 3.63) is 12.2 Å². The van der Waals surface area contributed by atoms with Crippen LogP contribution in [0.2, 0.25) is 0 Å². The van der Waals surface area contributed by atoms with Gasteiger partial charge in [-0.2, -0.15) is 0 Å². The molecule has 5 unspecified atom stereocenters. The summed E-state index contributed by atoms with van der Waals surface area (Å²) < 4.78 is 0. The molecule has 4 bridgehead atoms. The molecule has 4 aliphatic rings. The highest BCUT2D eigenvalue weighted by molar-refractivity contribution is 5.86. The van der Waals surface area contributed by atoms with Gasteiger partial charge in [-0.3, -0.25) is 0 Å². The molecule has 0 heterocycles. The summed E-state index contributed by atoms with van der Waals surface area (Å²) in [7, 11) is 0. The molecular weight excluding hydrogens is 212 g/mol. The molecule has 0 aromatic rings. The van der Waals surface area contributed by atoms with E-state index in [2.05, 4.69) is 20.4 Å². The van der Waals surface area contributed by atoms with E-state index < -0.39 is 5.97 Å². The Morgan fingerprint density at radius 3 is 2.53 bits per heavy atom. The largest absolute Gasteiger partial charge is 0.478 e. The Labute approximate surface area is 103 Å². The van der Waals surface area contributed by atoms with E-state index in [-0.39, 0.29) is 11.3 Å². The molecule has 0 saturated heterocycles. The predicted octanol–water partition coefficient (Wildman–Crippen LogP) is 3.48. The van der Waals surface area contributed by atoms with Gasteiger partial charge in [0.05, 0.1) is 0 Å². The molecule has 17 heavy (non-hydrogen) atoms. The minimum Gasteiger partial charge on any atom is -0.478 e. The Morgan fingerprint density at radius 2 is 2.00 bits per heavy atom. The van der Waals surface area contributed by atoms with Gasteiger partial charge >= 0.3 is 5.97 Å². The number of carboxylic acid groups (broad SMARTS) is 1. The fourth-order valence-corrected chi connectivity index (χ4v) is 5.91. The van der Waals surface area contributed by atoms with Crippen molar-refractivity contribution in [1.82, 2.24) is 0 Å². The van der Waals surface area contributed by atoms with Gasteiger partial charge in [0.1, 0.15) is 0 Å². The third-order valence-electron chi connectivity index (χ3n) is 5.63.